The van der Waals surface area contributed by atoms with E-state index in [1.54, 1.807) is 6.07 Å². The molecule has 0 saturated heterocycles. The van der Waals surface area contributed by atoms with Crippen LogP contribution in [0.5, 0.6) is 0 Å². The highest BCUT2D eigenvalue weighted by atomic mass is 32.1. The van der Waals surface area contributed by atoms with E-state index in [2.05, 4.69) is 11.0 Å². The lowest BCUT2D eigenvalue weighted by Crippen LogP contribution is -2.14. The van der Waals surface area contributed by atoms with Gasteiger partial charge in [-0.3, -0.25) is 4.79 Å². The smallest absolute Gasteiger partial charge is 0.160 e. The Morgan fingerprint density at radius 2 is 2.22 bits per heavy atom. The number of nitriles is 1. The highest BCUT2D eigenvalue weighted by Crippen LogP contribution is 2.25. The highest BCUT2D eigenvalue weighted by Gasteiger charge is 2.06. The third kappa shape index (κ3) is 2.76. The highest BCUT2D eigenvalue weighted by molar-refractivity contribution is 7.17. The fraction of sp³-hybridized carbons (Fsp3) is 0.143. The lowest BCUT2D eigenvalue weighted by Gasteiger charge is -2.17. The largest absolute Gasteiger partial charge is 0.362 e. The molecule has 90 valence electrons. The molecule has 0 spiro atoms. The van der Waals surface area contributed by atoms with Gasteiger partial charge in [-0.1, -0.05) is 12.1 Å². The van der Waals surface area contributed by atoms with Gasteiger partial charge in [-0.2, -0.15) is 5.26 Å². The first-order valence-electron chi connectivity index (χ1n) is 5.48. The van der Waals surface area contributed by atoms with Crippen LogP contribution in [0.2, 0.25) is 0 Å². The molecule has 0 aliphatic rings. The van der Waals surface area contributed by atoms with Crippen molar-refractivity contribution in [3.63, 3.8) is 0 Å². The van der Waals surface area contributed by atoms with Crippen molar-refractivity contribution in [2.45, 2.75) is 6.54 Å². The minimum atomic E-state index is 0.667. The van der Waals surface area contributed by atoms with E-state index in [0.29, 0.717) is 12.1 Å². The maximum atomic E-state index is 10.6. The Morgan fingerprint density at radius 1 is 1.39 bits per heavy atom. The zero-order chi connectivity index (χ0) is 13.0. The summed E-state index contributed by atoms with van der Waals surface area (Å²) in [4.78, 5) is 13.4. The molecule has 0 radical (unpaired) electrons. The fourth-order valence-corrected chi connectivity index (χ4v) is 2.48. The number of rotatable bonds is 4. The van der Waals surface area contributed by atoms with Crippen LogP contribution in [0.15, 0.2) is 36.4 Å². The Hall–Kier alpha value is -2.12. The van der Waals surface area contributed by atoms with Gasteiger partial charge in [0.05, 0.1) is 21.5 Å². The average Bonchev–Trinajstić information content (AvgIpc) is 2.88. The SMILES string of the molecule is CN(Cc1cccc(C#N)c1)c1ccc(C=O)s1. The average molecular weight is 256 g/mol. The fourth-order valence-electron chi connectivity index (χ4n) is 1.70. The van der Waals surface area contributed by atoms with Gasteiger partial charge in [-0.05, 0) is 29.8 Å². The molecular formula is C14H12N2OS. The third-order valence-corrected chi connectivity index (χ3v) is 3.71. The van der Waals surface area contributed by atoms with Gasteiger partial charge in [0.1, 0.15) is 0 Å². The van der Waals surface area contributed by atoms with E-state index in [9.17, 15) is 4.79 Å². The van der Waals surface area contributed by atoms with E-state index in [1.807, 2.05) is 37.4 Å². The molecule has 0 amide bonds. The minimum absolute atomic E-state index is 0.667. The second-order valence-corrected chi connectivity index (χ2v) is 5.06. The Bertz CT molecular complexity index is 598. The number of benzene rings is 1. The number of nitrogens with zero attached hydrogens (tertiary/aromatic N) is 2. The first kappa shape index (κ1) is 12.3. The molecule has 0 fully saturated rings. The van der Waals surface area contributed by atoms with Crippen LogP contribution >= 0.6 is 11.3 Å². The third-order valence-electron chi connectivity index (χ3n) is 2.58. The van der Waals surface area contributed by atoms with Crippen LogP contribution in [0.3, 0.4) is 0 Å². The zero-order valence-corrected chi connectivity index (χ0v) is 10.8. The van der Waals surface area contributed by atoms with Gasteiger partial charge in [0.25, 0.3) is 0 Å². The predicted molar refractivity (Wildman–Crippen MR) is 73.0 cm³/mol. The van der Waals surface area contributed by atoms with Crippen LogP contribution in [-0.4, -0.2) is 13.3 Å². The summed E-state index contributed by atoms with van der Waals surface area (Å²) in [6.45, 7) is 0.717. The summed E-state index contributed by atoms with van der Waals surface area (Å²) >= 11 is 1.46. The molecule has 4 heteroatoms. The molecule has 2 rings (SSSR count). The van der Waals surface area contributed by atoms with Crippen LogP contribution < -0.4 is 4.90 Å². The first-order valence-corrected chi connectivity index (χ1v) is 6.30. The molecule has 3 nitrogen and oxygen atoms in total. The Morgan fingerprint density at radius 3 is 2.89 bits per heavy atom. The normalized spacial score (nSPS) is 9.78. The lowest BCUT2D eigenvalue weighted by molar-refractivity contribution is 0.112. The summed E-state index contributed by atoms with van der Waals surface area (Å²) in [5, 5.41) is 9.89. The number of hydrogen-bond donors (Lipinski definition) is 0. The number of carbonyl (C=O) groups excluding carboxylic acids is 1. The Balaban J connectivity index is 2.13. The Kier molecular flexibility index (Phi) is 3.75. The molecule has 2 aromatic rings. The second-order valence-electron chi connectivity index (χ2n) is 3.96. The quantitative estimate of drug-likeness (QED) is 0.790. The van der Waals surface area contributed by atoms with Crippen molar-refractivity contribution in [3.8, 4) is 6.07 Å². The van der Waals surface area contributed by atoms with E-state index in [4.69, 9.17) is 5.26 Å². The van der Waals surface area contributed by atoms with Crippen LogP contribution in [-0.2, 0) is 6.54 Å². The molecule has 1 aromatic heterocycles. The summed E-state index contributed by atoms with van der Waals surface area (Å²) in [6.07, 6.45) is 0.859. The van der Waals surface area contributed by atoms with Crippen LogP contribution in [0.1, 0.15) is 20.8 Å². The number of anilines is 1. The summed E-state index contributed by atoms with van der Waals surface area (Å²) in [6, 6.07) is 13.4. The predicted octanol–water partition coefficient (Wildman–Crippen LogP) is 3.07. The molecular weight excluding hydrogens is 244 g/mol. The Labute approximate surface area is 110 Å². The van der Waals surface area contributed by atoms with Crippen LogP contribution in [0, 0.1) is 11.3 Å². The molecule has 0 saturated carbocycles. The molecule has 1 aromatic carbocycles. The standard InChI is InChI=1S/C14H12N2OS/c1-16(14-6-5-13(10-17)18-14)9-12-4-2-3-11(7-12)8-15/h2-7,10H,9H2,1H3. The van der Waals surface area contributed by atoms with E-state index < -0.39 is 0 Å². The van der Waals surface area contributed by atoms with Crippen molar-refractivity contribution < 1.29 is 4.79 Å². The first-order chi connectivity index (χ1) is 8.72. The van der Waals surface area contributed by atoms with E-state index in [-0.39, 0.29) is 0 Å². The van der Waals surface area contributed by atoms with Crippen molar-refractivity contribution in [2.24, 2.45) is 0 Å². The topological polar surface area (TPSA) is 44.1 Å². The van der Waals surface area contributed by atoms with Crippen LogP contribution in [0.25, 0.3) is 0 Å². The number of thiophene rings is 1. The molecule has 1 heterocycles. The maximum absolute atomic E-state index is 10.6. The monoisotopic (exact) mass is 256 g/mol. The molecule has 0 aliphatic heterocycles. The summed E-state index contributed by atoms with van der Waals surface area (Å²) in [5.41, 5.74) is 1.75. The zero-order valence-electron chi connectivity index (χ0n) is 9.96. The van der Waals surface area contributed by atoms with Gasteiger partial charge in [-0.15, -0.1) is 11.3 Å². The molecule has 18 heavy (non-hydrogen) atoms. The minimum Gasteiger partial charge on any atom is -0.362 e. The number of aldehydes is 1. The van der Waals surface area contributed by atoms with Gasteiger partial charge < -0.3 is 4.90 Å². The van der Waals surface area contributed by atoms with Crippen molar-refractivity contribution >= 4 is 22.6 Å². The maximum Gasteiger partial charge on any atom is 0.160 e. The van der Waals surface area contributed by atoms with Gasteiger partial charge >= 0.3 is 0 Å². The van der Waals surface area contributed by atoms with E-state index >= 15 is 0 Å². The second kappa shape index (κ2) is 5.48. The molecule has 0 N–H and O–H groups in total. The summed E-state index contributed by atoms with van der Waals surface area (Å²) in [5.74, 6) is 0. The van der Waals surface area contributed by atoms with Crippen LogP contribution in [0.4, 0.5) is 5.00 Å². The lowest BCUT2D eigenvalue weighted by atomic mass is 10.1. The number of carbonyl (C=O) groups is 1. The molecule has 0 unspecified atom stereocenters. The van der Waals surface area contributed by atoms with E-state index in [1.165, 1.54) is 11.3 Å². The van der Waals surface area contributed by atoms with Crippen molar-refractivity contribution in [1.82, 2.24) is 0 Å². The van der Waals surface area contributed by atoms with Gasteiger partial charge in [-0.25, -0.2) is 0 Å². The van der Waals surface area contributed by atoms with Gasteiger partial charge in [0, 0.05) is 13.6 Å². The van der Waals surface area contributed by atoms with Gasteiger partial charge in [0.15, 0.2) is 6.29 Å². The summed E-state index contributed by atoms with van der Waals surface area (Å²) < 4.78 is 0. The summed E-state index contributed by atoms with van der Waals surface area (Å²) in [7, 11) is 1.97. The van der Waals surface area contributed by atoms with E-state index in [0.717, 1.165) is 21.7 Å². The van der Waals surface area contributed by atoms with Crippen molar-refractivity contribution in [2.75, 3.05) is 11.9 Å². The van der Waals surface area contributed by atoms with Crippen molar-refractivity contribution in [1.29, 1.82) is 5.26 Å². The number of hydrogen-bond acceptors (Lipinski definition) is 4. The molecule has 0 atom stereocenters. The molecule has 0 bridgehead atoms. The van der Waals surface area contributed by atoms with Gasteiger partial charge in [0.2, 0.25) is 0 Å². The molecule has 0 aliphatic carbocycles. The van der Waals surface area contributed by atoms with Crippen molar-refractivity contribution in [3.05, 3.63) is 52.4 Å².